The fourth-order valence-electron chi connectivity index (χ4n) is 0.538. The van der Waals surface area contributed by atoms with E-state index in [1.807, 2.05) is 0 Å². The SMILES string of the molecule is C#CCNNc1ncccn1. The lowest BCUT2D eigenvalue weighted by molar-refractivity contribution is 0.882. The van der Waals surface area contributed by atoms with Gasteiger partial charge in [0.05, 0.1) is 6.54 Å². The molecule has 0 amide bonds. The van der Waals surface area contributed by atoms with E-state index in [-0.39, 0.29) is 0 Å². The fourth-order valence-corrected chi connectivity index (χ4v) is 0.538. The van der Waals surface area contributed by atoms with Crippen LogP contribution >= 0.6 is 0 Å². The van der Waals surface area contributed by atoms with Crippen LogP contribution in [-0.2, 0) is 0 Å². The maximum atomic E-state index is 5.00. The molecule has 0 unspecified atom stereocenters. The van der Waals surface area contributed by atoms with Gasteiger partial charge in [-0.25, -0.2) is 15.4 Å². The Morgan fingerprint density at radius 3 is 2.82 bits per heavy atom. The first-order chi connectivity index (χ1) is 5.43. The number of hydrazine groups is 1. The second-order valence-electron chi connectivity index (χ2n) is 1.76. The monoisotopic (exact) mass is 148 g/mol. The van der Waals surface area contributed by atoms with Crippen LogP contribution < -0.4 is 10.9 Å². The summed E-state index contributed by atoms with van der Waals surface area (Å²) in [5.41, 5.74) is 5.47. The van der Waals surface area contributed by atoms with Gasteiger partial charge in [0.2, 0.25) is 5.95 Å². The third-order valence-corrected chi connectivity index (χ3v) is 0.956. The lowest BCUT2D eigenvalue weighted by atomic mass is 10.7. The van der Waals surface area contributed by atoms with Crippen molar-refractivity contribution in [2.24, 2.45) is 0 Å². The molecule has 0 aliphatic carbocycles. The predicted octanol–water partition coefficient (Wildman–Crippen LogP) is 0.0263. The molecule has 56 valence electrons. The van der Waals surface area contributed by atoms with E-state index in [2.05, 4.69) is 26.7 Å². The molecule has 2 N–H and O–H groups in total. The van der Waals surface area contributed by atoms with Crippen molar-refractivity contribution in [1.82, 2.24) is 15.4 Å². The molecule has 1 heterocycles. The Bertz CT molecular complexity index is 238. The van der Waals surface area contributed by atoms with Crippen molar-refractivity contribution in [3.8, 4) is 12.3 Å². The topological polar surface area (TPSA) is 49.8 Å². The molecule has 1 aromatic heterocycles. The van der Waals surface area contributed by atoms with Crippen LogP contribution in [0, 0.1) is 12.3 Å². The number of hydrogen-bond donors (Lipinski definition) is 2. The summed E-state index contributed by atoms with van der Waals surface area (Å²) in [7, 11) is 0. The van der Waals surface area contributed by atoms with Crippen molar-refractivity contribution >= 4 is 5.95 Å². The van der Waals surface area contributed by atoms with Crippen LogP contribution in [0.15, 0.2) is 18.5 Å². The number of rotatable bonds is 3. The quantitative estimate of drug-likeness (QED) is 0.360. The molecule has 0 bridgehead atoms. The van der Waals surface area contributed by atoms with Crippen LogP contribution in [0.3, 0.4) is 0 Å². The lowest BCUT2D eigenvalue weighted by Crippen LogP contribution is -2.22. The third kappa shape index (κ3) is 2.65. The van der Waals surface area contributed by atoms with Crippen LogP contribution in [-0.4, -0.2) is 16.5 Å². The minimum atomic E-state index is 0.443. The smallest absolute Gasteiger partial charge is 0.237 e. The fraction of sp³-hybridized carbons (Fsp3) is 0.143. The Morgan fingerprint density at radius 1 is 1.45 bits per heavy atom. The standard InChI is InChI=1S/C7H8N4/c1-2-4-10-11-7-8-5-3-6-9-7/h1,3,5-6,10H,4H2,(H,8,9,11). The highest BCUT2D eigenvalue weighted by molar-refractivity contribution is 5.20. The van der Waals surface area contributed by atoms with Gasteiger partial charge in [-0.2, -0.15) is 0 Å². The van der Waals surface area contributed by atoms with Gasteiger partial charge in [0, 0.05) is 12.4 Å². The summed E-state index contributed by atoms with van der Waals surface area (Å²) in [5, 5.41) is 0. The highest BCUT2D eigenvalue weighted by atomic mass is 15.4. The van der Waals surface area contributed by atoms with E-state index in [4.69, 9.17) is 6.42 Å². The molecule has 1 aromatic rings. The number of anilines is 1. The van der Waals surface area contributed by atoms with E-state index in [9.17, 15) is 0 Å². The van der Waals surface area contributed by atoms with Crippen LogP contribution in [0.5, 0.6) is 0 Å². The Hall–Kier alpha value is -1.60. The Kier molecular flexibility index (Phi) is 2.90. The van der Waals surface area contributed by atoms with Crippen molar-refractivity contribution in [2.45, 2.75) is 0 Å². The molecule has 0 saturated carbocycles. The maximum Gasteiger partial charge on any atom is 0.237 e. The zero-order valence-corrected chi connectivity index (χ0v) is 5.91. The van der Waals surface area contributed by atoms with Gasteiger partial charge in [-0.15, -0.1) is 6.42 Å². The van der Waals surface area contributed by atoms with Gasteiger partial charge < -0.3 is 0 Å². The Labute approximate surface area is 65.0 Å². The molecule has 0 aliphatic rings. The number of hydrogen-bond acceptors (Lipinski definition) is 4. The molecule has 0 aromatic carbocycles. The normalized spacial score (nSPS) is 8.64. The van der Waals surface area contributed by atoms with Gasteiger partial charge >= 0.3 is 0 Å². The number of terminal acetylenes is 1. The molecule has 4 nitrogen and oxygen atoms in total. The van der Waals surface area contributed by atoms with Crippen molar-refractivity contribution in [3.63, 3.8) is 0 Å². The van der Waals surface area contributed by atoms with Gasteiger partial charge in [0.15, 0.2) is 0 Å². The second-order valence-corrected chi connectivity index (χ2v) is 1.76. The van der Waals surface area contributed by atoms with Crippen LogP contribution in [0.1, 0.15) is 0 Å². The largest absolute Gasteiger partial charge is 0.289 e. The van der Waals surface area contributed by atoms with Gasteiger partial charge in [0.25, 0.3) is 0 Å². The number of nitrogens with zero attached hydrogens (tertiary/aromatic N) is 2. The van der Waals surface area contributed by atoms with E-state index in [1.54, 1.807) is 18.5 Å². The Balaban J connectivity index is 2.35. The van der Waals surface area contributed by atoms with E-state index in [0.29, 0.717) is 12.5 Å². The minimum Gasteiger partial charge on any atom is -0.289 e. The molecule has 0 fully saturated rings. The number of nitrogens with one attached hydrogen (secondary N) is 2. The van der Waals surface area contributed by atoms with Gasteiger partial charge in [0.1, 0.15) is 0 Å². The summed E-state index contributed by atoms with van der Waals surface area (Å²) in [4.78, 5) is 7.79. The summed E-state index contributed by atoms with van der Waals surface area (Å²) in [5.74, 6) is 2.93. The molecule has 0 atom stereocenters. The molecule has 0 radical (unpaired) electrons. The lowest BCUT2D eigenvalue weighted by Gasteiger charge is -2.00. The van der Waals surface area contributed by atoms with E-state index < -0.39 is 0 Å². The molecule has 0 spiro atoms. The number of aromatic nitrogens is 2. The zero-order chi connectivity index (χ0) is 7.94. The van der Waals surface area contributed by atoms with E-state index in [0.717, 1.165) is 0 Å². The molecule has 4 heteroatoms. The van der Waals surface area contributed by atoms with Crippen molar-refractivity contribution < 1.29 is 0 Å². The summed E-state index contributed by atoms with van der Waals surface area (Å²) >= 11 is 0. The van der Waals surface area contributed by atoms with Gasteiger partial charge in [-0.05, 0) is 6.07 Å². The molecule has 11 heavy (non-hydrogen) atoms. The van der Waals surface area contributed by atoms with Crippen molar-refractivity contribution in [3.05, 3.63) is 18.5 Å². The Morgan fingerprint density at radius 2 is 2.18 bits per heavy atom. The summed E-state index contributed by atoms with van der Waals surface area (Å²) < 4.78 is 0. The zero-order valence-electron chi connectivity index (χ0n) is 5.91. The molecule has 0 aliphatic heterocycles. The average molecular weight is 148 g/mol. The highest BCUT2D eigenvalue weighted by Gasteiger charge is 1.87. The van der Waals surface area contributed by atoms with E-state index >= 15 is 0 Å². The first-order valence-corrected chi connectivity index (χ1v) is 3.13. The molecule has 1 rings (SSSR count). The second kappa shape index (κ2) is 4.25. The predicted molar refractivity (Wildman–Crippen MR) is 42.5 cm³/mol. The maximum absolute atomic E-state index is 5.00. The van der Waals surface area contributed by atoms with Crippen molar-refractivity contribution in [1.29, 1.82) is 0 Å². The first kappa shape index (κ1) is 7.51. The molecule has 0 saturated heterocycles. The van der Waals surface area contributed by atoms with Crippen LogP contribution in [0.25, 0.3) is 0 Å². The van der Waals surface area contributed by atoms with Crippen LogP contribution in [0.4, 0.5) is 5.95 Å². The van der Waals surface area contributed by atoms with Crippen molar-refractivity contribution in [2.75, 3.05) is 12.0 Å². The molecular formula is C7H8N4. The molecular weight excluding hydrogens is 140 g/mol. The van der Waals surface area contributed by atoms with E-state index in [1.165, 1.54) is 0 Å². The minimum absolute atomic E-state index is 0.443. The first-order valence-electron chi connectivity index (χ1n) is 3.13. The van der Waals surface area contributed by atoms with Gasteiger partial charge in [-0.1, -0.05) is 5.92 Å². The summed E-state index contributed by atoms with van der Waals surface area (Å²) in [6.45, 7) is 0.443. The summed E-state index contributed by atoms with van der Waals surface area (Å²) in [6, 6.07) is 1.74. The highest BCUT2D eigenvalue weighted by Crippen LogP contribution is 1.89. The van der Waals surface area contributed by atoms with Gasteiger partial charge in [-0.3, -0.25) is 5.43 Å². The average Bonchev–Trinajstić information content (AvgIpc) is 2.07. The van der Waals surface area contributed by atoms with Crippen LogP contribution in [0.2, 0.25) is 0 Å². The summed E-state index contributed by atoms with van der Waals surface area (Å²) in [6.07, 6.45) is 8.29. The third-order valence-electron chi connectivity index (χ3n) is 0.956.